The molecule has 1 fully saturated rings. The maximum atomic E-state index is 12.4. The predicted molar refractivity (Wildman–Crippen MR) is 112 cm³/mol. The second kappa shape index (κ2) is 10.6. The Morgan fingerprint density at radius 2 is 1.96 bits per heavy atom. The number of likely N-dealkylation sites (N-methyl/N-ethyl adjacent to an activating group) is 1. The van der Waals surface area contributed by atoms with Crippen LogP contribution in [0.2, 0.25) is 0 Å². The van der Waals surface area contributed by atoms with Crippen LogP contribution in [0.5, 0.6) is 0 Å². The lowest BCUT2D eigenvalue weighted by atomic mass is 10.0. The standard InChI is InChI=1S/C21H31N5O2/c1-16(22)21(23)17(2)24-15-28-14-20(27)25(3)19-9-11-26(12-10-19)13-18-7-5-4-6-8-18/h4-8,15,19,22H,9-14,23H2,1-3H3/b21-17+,22-16?,24-15?. The molecule has 0 atom stereocenters. The van der Waals surface area contributed by atoms with Crippen LogP contribution in [0.4, 0.5) is 0 Å². The van der Waals surface area contributed by atoms with Crippen LogP contribution in [-0.4, -0.2) is 60.6 Å². The molecule has 1 aromatic carbocycles. The topological polar surface area (TPSA) is 95.0 Å². The SMILES string of the molecule is CC(=N)/C(N)=C(/C)N=COCC(=O)N(C)C1CCN(Cc2ccccc2)CC1. The molecule has 1 heterocycles. The molecule has 7 heteroatoms. The molecule has 0 radical (unpaired) electrons. The first-order valence-electron chi connectivity index (χ1n) is 9.56. The number of aliphatic imine (C=N–C) groups is 1. The first kappa shape index (κ1) is 21.6. The molecule has 1 saturated heterocycles. The number of nitrogens with zero attached hydrogens (tertiary/aromatic N) is 3. The highest BCUT2D eigenvalue weighted by atomic mass is 16.5. The van der Waals surface area contributed by atoms with Crippen molar-refractivity contribution in [1.29, 1.82) is 5.41 Å². The molecule has 0 aliphatic carbocycles. The van der Waals surface area contributed by atoms with E-state index >= 15 is 0 Å². The molecule has 0 aromatic heterocycles. The van der Waals surface area contributed by atoms with Crippen LogP contribution in [0, 0.1) is 5.41 Å². The molecule has 3 N–H and O–H groups in total. The Balaban J connectivity index is 1.74. The second-order valence-electron chi connectivity index (χ2n) is 7.17. The van der Waals surface area contributed by atoms with Crippen molar-refractivity contribution in [1.82, 2.24) is 9.80 Å². The van der Waals surface area contributed by atoms with Crippen LogP contribution in [0.1, 0.15) is 32.3 Å². The molecule has 0 spiro atoms. The third kappa shape index (κ3) is 6.49. The Hall–Kier alpha value is -2.67. The minimum Gasteiger partial charge on any atom is -0.473 e. The molecule has 1 aromatic rings. The van der Waals surface area contributed by atoms with Crippen molar-refractivity contribution in [2.75, 3.05) is 26.7 Å². The number of hydrogen-bond donors (Lipinski definition) is 2. The average molecular weight is 386 g/mol. The second-order valence-corrected chi connectivity index (χ2v) is 7.17. The molecule has 1 amide bonds. The molecule has 0 bridgehead atoms. The fourth-order valence-corrected chi connectivity index (χ4v) is 3.18. The quantitative estimate of drug-likeness (QED) is 0.530. The molecular formula is C21H31N5O2. The number of nitrogens with two attached hydrogens (primary N) is 1. The Labute approximate surface area is 167 Å². The first-order chi connectivity index (χ1) is 13.4. The van der Waals surface area contributed by atoms with Gasteiger partial charge in [-0.15, -0.1) is 0 Å². The van der Waals surface area contributed by atoms with Crippen LogP contribution in [0.3, 0.4) is 0 Å². The highest BCUT2D eigenvalue weighted by Crippen LogP contribution is 2.17. The lowest BCUT2D eigenvalue weighted by molar-refractivity contribution is -0.135. The van der Waals surface area contributed by atoms with Crippen molar-refractivity contribution < 1.29 is 9.53 Å². The van der Waals surface area contributed by atoms with Crippen LogP contribution < -0.4 is 5.73 Å². The lowest BCUT2D eigenvalue weighted by Crippen LogP contribution is -2.46. The average Bonchev–Trinajstić information content (AvgIpc) is 2.71. The van der Waals surface area contributed by atoms with Gasteiger partial charge in [-0.2, -0.15) is 0 Å². The lowest BCUT2D eigenvalue weighted by Gasteiger charge is -2.36. The monoisotopic (exact) mass is 385 g/mol. The predicted octanol–water partition coefficient (Wildman–Crippen LogP) is 2.38. The molecule has 152 valence electrons. The first-order valence-corrected chi connectivity index (χ1v) is 9.56. The van der Waals surface area contributed by atoms with Gasteiger partial charge in [0, 0.05) is 32.7 Å². The number of carbonyl (C=O) groups excluding carboxylic acids is 1. The van der Waals surface area contributed by atoms with E-state index < -0.39 is 0 Å². The van der Waals surface area contributed by atoms with Crippen molar-refractivity contribution in [2.24, 2.45) is 10.7 Å². The van der Waals surface area contributed by atoms with E-state index in [1.165, 1.54) is 12.0 Å². The maximum Gasteiger partial charge on any atom is 0.260 e. The van der Waals surface area contributed by atoms with Gasteiger partial charge in [0.05, 0.1) is 17.1 Å². The summed E-state index contributed by atoms with van der Waals surface area (Å²) >= 11 is 0. The number of carbonyl (C=O) groups is 1. The van der Waals surface area contributed by atoms with Crippen LogP contribution in [0.15, 0.2) is 46.7 Å². The summed E-state index contributed by atoms with van der Waals surface area (Å²) in [6.07, 6.45) is 3.14. The highest BCUT2D eigenvalue weighted by molar-refractivity contribution is 5.95. The normalized spacial score (nSPS) is 16.7. The van der Waals surface area contributed by atoms with E-state index in [-0.39, 0.29) is 24.3 Å². The fourth-order valence-electron chi connectivity index (χ4n) is 3.18. The number of rotatable bonds is 8. The van der Waals surface area contributed by atoms with Crippen molar-refractivity contribution >= 4 is 18.0 Å². The minimum absolute atomic E-state index is 0.0546. The Morgan fingerprint density at radius 1 is 1.32 bits per heavy atom. The van der Waals surface area contributed by atoms with Gasteiger partial charge < -0.3 is 20.8 Å². The third-order valence-corrected chi connectivity index (χ3v) is 5.07. The number of piperidine rings is 1. The van der Waals surface area contributed by atoms with Crippen molar-refractivity contribution in [3.63, 3.8) is 0 Å². The van der Waals surface area contributed by atoms with E-state index in [4.69, 9.17) is 15.9 Å². The number of hydrogen-bond acceptors (Lipinski definition) is 6. The summed E-state index contributed by atoms with van der Waals surface area (Å²) in [5.74, 6) is -0.0641. The summed E-state index contributed by atoms with van der Waals surface area (Å²) in [5, 5.41) is 7.46. The van der Waals surface area contributed by atoms with Gasteiger partial charge in [0.2, 0.25) is 0 Å². The molecule has 2 rings (SSSR count). The fraction of sp³-hybridized carbons (Fsp3) is 0.476. The zero-order valence-electron chi connectivity index (χ0n) is 17.0. The zero-order valence-corrected chi connectivity index (χ0v) is 17.0. The molecule has 0 unspecified atom stereocenters. The third-order valence-electron chi connectivity index (χ3n) is 5.07. The van der Waals surface area contributed by atoms with Gasteiger partial charge in [0.25, 0.3) is 5.91 Å². The Bertz CT molecular complexity index is 722. The van der Waals surface area contributed by atoms with Gasteiger partial charge in [-0.1, -0.05) is 30.3 Å². The Kier molecular flexibility index (Phi) is 8.19. The van der Waals surface area contributed by atoms with Crippen molar-refractivity contribution in [3.8, 4) is 0 Å². The highest BCUT2D eigenvalue weighted by Gasteiger charge is 2.25. The summed E-state index contributed by atoms with van der Waals surface area (Å²) in [4.78, 5) is 20.6. The van der Waals surface area contributed by atoms with Gasteiger partial charge in [0.1, 0.15) is 0 Å². The van der Waals surface area contributed by atoms with Gasteiger partial charge in [0.15, 0.2) is 13.0 Å². The molecule has 1 aliphatic rings. The summed E-state index contributed by atoms with van der Waals surface area (Å²) in [6, 6.07) is 10.7. The van der Waals surface area contributed by atoms with Gasteiger partial charge >= 0.3 is 0 Å². The van der Waals surface area contributed by atoms with E-state index in [1.807, 2.05) is 13.1 Å². The smallest absolute Gasteiger partial charge is 0.260 e. The minimum atomic E-state index is -0.0641. The van der Waals surface area contributed by atoms with Crippen LogP contribution in [0.25, 0.3) is 0 Å². The van der Waals surface area contributed by atoms with E-state index in [9.17, 15) is 4.79 Å². The van der Waals surface area contributed by atoms with Crippen LogP contribution >= 0.6 is 0 Å². The summed E-state index contributed by atoms with van der Waals surface area (Å²) in [7, 11) is 1.84. The number of ether oxygens (including phenoxy) is 1. The molecular weight excluding hydrogens is 354 g/mol. The van der Waals surface area contributed by atoms with Gasteiger partial charge in [-0.25, -0.2) is 4.99 Å². The van der Waals surface area contributed by atoms with E-state index in [2.05, 4.69) is 34.2 Å². The van der Waals surface area contributed by atoms with Crippen molar-refractivity contribution in [2.45, 2.75) is 39.3 Å². The van der Waals surface area contributed by atoms with E-state index in [0.717, 1.165) is 32.5 Å². The molecule has 7 nitrogen and oxygen atoms in total. The van der Waals surface area contributed by atoms with Gasteiger partial charge in [-0.3, -0.25) is 9.69 Å². The number of nitrogens with one attached hydrogen (secondary N) is 1. The molecule has 1 aliphatic heterocycles. The zero-order chi connectivity index (χ0) is 20.5. The molecule has 0 saturated carbocycles. The summed E-state index contributed by atoms with van der Waals surface area (Å²) < 4.78 is 5.25. The summed E-state index contributed by atoms with van der Waals surface area (Å²) in [6.45, 7) is 6.15. The maximum absolute atomic E-state index is 12.4. The number of benzene rings is 1. The summed E-state index contributed by atoms with van der Waals surface area (Å²) in [5.41, 5.74) is 8.10. The number of amides is 1. The molecule has 28 heavy (non-hydrogen) atoms. The van der Waals surface area contributed by atoms with Crippen LogP contribution in [-0.2, 0) is 16.1 Å². The largest absolute Gasteiger partial charge is 0.473 e. The van der Waals surface area contributed by atoms with E-state index in [1.54, 1.807) is 18.7 Å². The number of likely N-dealkylation sites (tertiary alicyclic amines) is 1. The Morgan fingerprint density at radius 3 is 2.57 bits per heavy atom. The van der Waals surface area contributed by atoms with E-state index in [0.29, 0.717) is 11.4 Å². The van der Waals surface area contributed by atoms with Gasteiger partial charge in [-0.05, 0) is 32.3 Å². The number of allylic oxidation sites excluding steroid dienone is 2. The van der Waals surface area contributed by atoms with Crippen molar-refractivity contribution in [3.05, 3.63) is 47.3 Å².